The summed E-state index contributed by atoms with van der Waals surface area (Å²) >= 11 is 13.2. The van der Waals surface area contributed by atoms with Crippen LogP contribution in [0.15, 0.2) is 48.5 Å². The van der Waals surface area contributed by atoms with E-state index in [2.05, 4.69) is 24.5 Å². The van der Waals surface area contributed by atoms with Gasteiger partial charge in [0.25, 0.3) is 5.91 Å². The first-order chi connectivity index (χ1) is 20.5. The van der Waals surface area contributed by atoms with Crippen LogP contribution in [0.2, 0.25) is 10.0 Å². The second kappa shape index (κ2) is 14.6. The fraction of sp³-hybridized carbons (Fsp3) is 0.515. The number of ether oxygens (including phenoxy) is 1. The molecule has 2 aromatic rings. The molecule has 0 aromatic heterocycles. The Kier molecular flexibility index (Phi) is 11.1. The van der Waals surface area contributed by atoms with E-state index in [0.717, 1.165) is 43.2 Å². The van der Waals surface area contributed by atoms with Crippen molar-refractivity contribution in [2.24, 2.45) is 23.5 Å². The van der Waals surface area contributed by atoms with Gasteiger partial charge in [0.2, 0.25) is 5.91 Å². The molecule has 2 unspecified atom stereocenters. The topological polar surface area (TPSA) is 128 Å². The monoisotopic (exact) mass is 629 g/mol. The van der Waals surface area contributed by atoms with Crippen molar-refractivity contribution in [3.63, 3.8) is 0 Å². The van der Waals surface area contributed by atoms with E-state index >= 15 is 0 Å². The molecule has 8 nitrogen and oxygen atoms in total. The normalized spacial score (nSPS) is 21.3. The predicted molar refractivity (Wildman–Crippen MR) is 167 cm³/mol. The molecule has 4 N–H and O–H groups in total. The average molecular weight is 631 g/mol. The second-order valence-electron chi connectivity index (χ2n) is 12.4. The van der Waals surface area contributed by atoms with Crippen molar-refractivity contribution in [2.75, 3.05) is 6.54 Å². The molecule has 0 spiro atoms. The smallest absolute Gasteiger partial charge is 0.405 e. The van der Waals surface area contributed by atoms with Crippen LogP contribution in [0.25, 0.3) is 0 Å². The quantitative estimate of drug-likeness (QED) is 0.251. The van der Waals surface area contributed by atoms with Gasteiger partial charge in [-0.3, -0.25) is 9.59 Å². The Balaban J connectivity index is 1.60. The summed E-state index contributed by atoms with van der Waals surface area (Å²) in [5, 5.41) is 6.90. The first-order valence-electron chi connectivity index (χ1n) is 15.0. The van der Waals surface area contributed by atoms with Crippen LogP contribution in [0.1, 0.15) is 75.8 Å². The lowest BCUT2D eigenvalue weighted by molar-refractivity contribution is -0.133. The molecule has 1 saturated heterocycles. The number of primary amides is 1. The summed E-state index contributed by atoms with van der Waals surface area (Å²) in [6, 6.07) is 14.2. The van der Waals surface area contributed by atoms with Crippen molar-refractivity contribution in [1.29, 1.82) is 0 Å². The number of benzene rings is 2. The Morgan fingerprint density at radius 1 is 1.09 bits per heavy atom. The third-order valence-electron chi connectivity index (χ3n) is 9.20. The van der Waals surface area contributed by atoms with Crippen LogP contribution in [-0.4, -0.2) is 42.9 Å². The van der Waals surface area contributed by atoms with Gasteiger partial charge in [-0.15, -0.1) is 0 Å². The second-order valence-corrected chi connectivity index (χ2v) is 13.2. The SMILES string of the molecule is CC(C)(c1cccc(Cl)c1)C(c1ccccc1Cl)C1CNC(=O)[C@H]1C[C@@H](C=O)NC(=O)[C@H](CC1CCCCC1)OC(N)=O. The van der Waals surface area contributed by atoms with Crippen LogP contribution in [0.3, 0.4) is 0 Å². The first kappa shape index (κ1) is 32.8. The van der Waals surface area contributed by atoms with E-state index in [-0.39, 0.29) is 30.1 Å². The number of rotatable bonds is 12. The van der Waals surface area contributed by atoms with Crippen molar-refractivity contribution < 1.29 is 23.9 Å². The number of halogens is 2. The van der Waals surface area contributed by atoms with Crippen molar-refractivity contribution >= 4 is 47.4 Å². The average Bonchev–Trinajstić information content (AvgIpc) is 3.32. The van der Waals surface area contributed by atoms with Crippen LogP contribution in [0, 0.1) is 17.8 Å². The van der Waals surface area contributed by atoms with Gasteiger partial charge in [-0.1, -0.05) is 99.5 Å². The third kappa shape index (κ3) is 8.09. The summed E-state index contributed by atoms with van der Waals surface area (Å²) in [6.45, 7) is 4.57. The predicted octanol–water partition coefficient (Wildman–Crippen LogP) is 5.93. The van der Waals surface area contributed by atoms with Crippen LogP contribution >= 0.6 is 23.2 Å². The molecule has 1 heterocycles. The molecule has 3 amide bonds. The lowest BCUT2D eigenvalue weighted by atomic mass is 9.62. The van der Waals surface area contributed by atoms with Gasteiger partial charge in [0.05, 0.1) is 6.04 Å². The van der Waals surface area contributed by atoms with Crippen molar-refractivity contribution in [3.8, 4) is 0 Å². The Labute approximate surface area is 263 Å². The van der Waals surface area contributed by atoms with Gasteiger partial charge in [-0.05, 0) is 65.3 Å². The highest BCUT2D eigenvalue weighted by Crippen LogP contribution is 2.49. The van der Waals surface area contributed by atoms with E-state index in [9.17, 15) is 19.2 Å². The lowest BCUT2D eigenvalue weighted by Crippen LogP contribution is -2.47. The van der Waals surface area contributed by atoms with E-state index in [1.807, 2.05) is 48.5 Å². The third-order valence-corrected chi connectivity index (χ3v) is 9.78. The van der Waals surface area contributed by atoms with Gasteiger partial charge in [-0.2, -0.15) is 0 Å². The molecule has 1 aliphatic heterocycles. The Morgan fingerprint density at radius 2 is 1.81 bits per heavy atom. The van der Waals surface area contributed by atoms with Crippen molar-refractivity contribution in [1.82, 2.24) is 10.6 Å². The van der Waals surface area contributed by atoms with Crippen molar-refractivity contribution in [2.45, 2.75) is 82.3 Å². The molecule has 2 fully saturated rings. The van der Waals surface area contributed by atoms with E-state index in [0.29, 0.717) is 29.3 Å². The zero-order valence-electron chi connectivity index (χ0n) is 24.7. The van der Waals surface area contributed by atoms with E-state index in [4.69, 9.17) is 33.7 Å². The van der Waals surface area contributed by atoms with Crippen LogP contribution in [0.4, 0.5) is 4.79 Å². The number of amides is 3. The van der Waals surface area contributed by atoms with E-state index in [1.165, 1.54) is 0 Å². The van der Waals surface area contributed by atoms with Crippen LogP contribution in [-0.2, 0) is 24.5 Å². The zero-order chi connectivity index (χ0) is 31.1. The minimum absolute atomic E-state index is 0.0744. The van der Waals surface area contributed by atoms with Gasteiger partial charge in [-0.25, -0.2) is 4.79 Å². The van der Waals surface area contributed by atoms with Crippen LogP contribution in [0.5, 0.6) is 0 Å². The largest absolute Gasteiger partial charge is 0.436 e. The number of hydrogen-bond acceptors (Lipinski definition) is 5. The van der Waals surface area contributed by atoms with Gasteiger partial charge in [0.1, 0.15) is 6.29 Å². The number of carbonyl (C=O) groups is 4. The minimum atomic E-state index is -1.10. The Hall–Kier alpha value is -3.10. The molecule has 5 atom stereocenters. The molecule has 1 saturated carbocycles. The number of hydrogen-bond donors (Lipinski definition) is 3. The summed E-state index contributed by atoms with van der Waals surface area (Å²) in [7, 11) is 0. The maximum absolute atomic E-state index is 13.3. The number of nitrogens with one attached hydrogen (secondary N) is 2. The summed E-state index contributed by atoms with van der Waals surface area (Å²) in [6.07, 6.45) is 4.05. The molecule has 1 aliphatic carbocycles. The lowest BCUT2D eigenvalue weighted by Gasteiger charge is -2.41. The summed E-state index contributed by atoms with van der Waals surface area (Å²) < 4.78 is 5.19. The highest BCUT2D eigenvalue weighted by Gasteiger charge is 2.48. The number of aldehydes is 1. The fourth-order valence-electron chi connectivity index (χ4n) is 7.04. The Morgan fingerprint density at radius 3 is 2.47 bits per heavy atom. The molecule has 2 aromatic carbocycles. The zero-order valence-corrected chi connectivity index (χ0v) is 26.2. The highest BCUT2D eigenvalue weighted by atomic mass is 35.5. The van der Waals surface area contributed by atoms with E-state index in [1.54, 1.807) is 0 Å². The molecule has 232 valence electrons. The van der Waals surface area contributed by atoms with E-state index < -0.39 is 35.5 Å². The maximum Gasteiger partial charge on any atom is 0.405 e. The summed E-state index contributed by atoms with van der Waals surface area (Å²) in [4.78, 5) is 50.6. The molecule has 0 bridgehead atoms. The van der Waals surface area contributed by atoms with Gasteiger partial charge in [0.15, 0.2) is 6.10 Å². The highest BCUT2D eigenvalue weighted by molar-refractivity contribution is 6.31. The minimum Gasteiger partial charge on any atom is -0.436 e. The van der Waals surface area contributed by atoms with Gasteiger partial charge < -0.3 is 25.9 Å². The van der Waals surface area contributed by atoms with Gasteiger partial charge >= 0.3 is 6.09 Å². The van der Waals surface area contributed by atoms with Gasteiger partial charge in [0, 0.05) is 22.5 Å². The standard InChI is InChI=1S/C33H41Cl2N3O5/c1-33(2,21-11-8-12-22(34)16-21)29(24-13-6-7-14-27(24)35)26-18-37-30(40)25(26)17-23(19-39)38-31(41)28(43-32(36)42)15-20-9-4-3-5-10-20/h6-8,11-14,16,19-20,23,25-26,28-29H,3-5,9-10,15,17-18H2,1-2H3,(H2,36,42)(H,37,40)(H,38,41)/t23-,25-,26?,28-,29?/m0/s1. The summed E-state index contributed by atoms with van der Waals surface area (Å²) in [5.41, 5.74) is 6.63. The molecule has 4 rings (SSSR count). The Bertz CT molecular complexity index is 1310. The fourth-order valence-corrected chi connectivity index (χ4v) is 7.48. The molecule has 0 radical (unpaired) electrons. The molecular formula is C33H41Cl2N3O5. The molecule has 2 aliphatic rings. The number of nitrogens with two attached hydrogens (primary N) is 1. The first-order valence-corrected chi connectivity index (χ1v) is 15.8. The van der Waals surface area contributed by atoms with Crippen molar-refractivity contribution in [3.05, 3.63) is 69.7 Å². The molecular weight excluding hydrogens is 589 g/mol. The molecule has 43 heavy (non-hydrogen) atoms. The maximum atomic E-state index is 13.3. The summed E-state index contributed by atoms with van der Waals surface area (Å²) in [5.74, 6) is -1.67. The number of carbonyl (C=O) groups excluding carboxylic acids is 4. The van der Waals surface area contributed by atoms with Crippen LogP contribution < -0.4 is 16.4 Å². The molecule has 10 heteroatoms.